The van der Waals surface area contributed by atoms with Crippen molar-refractivity contribution in [3.05, 3.63) is 65.7 Å². The molecule has 264 valence electrons. The number of hydrogen-bond donors (Lipinski definition) is 6. The van der Waals surface area contributed by atoms with E-state index in [1.165, 1.54) is 17.0 Å². The number of hydrogen-bond acceptors (Lipinski definition) is 7. The summed E-state index contributed by atoms with van der Waals surface area (Å²) in [4.78, 5) is 83.6. The number of aromatic hydroxyl groups is 1. The minimum Gasteiger partial charge on any atom is -0.508 e. The van der Waals surface area contributed by atoms with Crippen LogP contribution in [0.4, 0.5) is 0 Å². The number of nitrogens with zero attached hydrogens (tertiary/aromatic N) is 1. The van der Waals surface area contributed by atoms with Crippen molar-refractivity contribution in [2.45, 2.75) is 90.0 Å². The van der Waals surface area contributed by atoms with Gasteiger partial charge in [-0.15, -0.1) is 0 Å². The summed E-state index contributed by atoms with van der Waals surface area (Å²) >= 11 is 0. The number of phenolic OH excluding ortho intramolecular Hbond substituents is 1. The minimum atomic E-state index is -1.18. The van der Waals surface area contributed by atoms with Gasteiger partial charge in [0.2, 0.25) is 35.4 Å². The predicted octanol–water partition coefficient (Wildman–Crippen LogP) is 0.940. The summed E-state index contributed by atoms with van der Waals surface area (Å²) in [6.45, 7) is 7.04. The van der Waals surface area contributed by atoms with E-state index in [9.17, 15) is 33.9 Å². The molecule has 0 aromatic heterocycles. The quantitative estimate of drug-likeness (QED) is 0.252. The van der Waals surface area contributed by atoms with Crippen molar-refractivity contribution < 1.29 is 33.9 Å². The SMILES string of the molecule is CC[C@H](C)[C@@H]1NC(=O)CNC(=O)[C@@H]2CCCN2C(=O)[C@@H](Cc2ccccc2)NC(=O)[C@H](Cc2ccc(O)cc2)NC(=O)[C@H](C(C)C)NC1=O. The molecule has 0 unspecified atom stereocenters. The van der Waals surface area contributed by atoms with Crippen molar-refractivity contribution in [3.8, 4) is 5.75 Å². The lowest BCUT2D eigenvalue weighted by Crippen LogP contribution is -2.62. The van der Waals surface area contributed by atoms with Crippen molar-refractivity contribution in [2.24, 2.45) is 11.8 Å². The number of rotatable bonds is 7. The van der Waals surface area contributed by atoms with Gasteiger partial charge in [0.15, 0.2) is 0 Å². The van der Waals surface area contributed by atoms with Gasteiger partial charge in [0.25, 0.3) is 0 Å². The molecule has 2 aliphatic heterocycles. The Morgan fingerprint density at radius 1 is 0.735 bits per heavy atom. The Labute approximate surface area is 287 Å². The summed E-state index contributed by atoms with van der Waals surface area (Å²) in [5.41, 5.74) is 1.41. The van der Waals surface area contributed by atoms with Crippen LogP contribution in [-0.4, -0.2) is 88.7 Å². The molecule has 2 heterocycles. The van der Waals surface area contributed by atoms with Gasteiger partial charge < -0.3 is 36.6 Å². The van der Waals surface area contributed by atoms with E-state index in [2.05, 4.69) is 26.6 Å². The Morgan fingerprint density at radius 2 is 1.35 bits per heavy atom. The van der Waals surface area contributed by atoms with Crippen LogP contribution in [0.15, 0.2) is 54.6 Å². The van der Waals surface area contributed by atoms with Crippen LogP contribution in [0.1, 0.15) is 58.1 Å². The molecule has 2 fully saturated rings. The van der Waals surface area contributed by atoms with Gasteiger partial charge in [-0.25, -0.2) is 0 Å². The lowest BCUT2D eigenvalue weighted by atomic mass is 9.96. The second kappa shape index (κ2) is 16.9. The van der Waals surface area contributed by atoms with Crippen LogP contribution in [0, 0.1) is 11.8 Å². The summed E-state index contributed by atoms with van der Waals surface area (Å²) in [6.07, 6.45) is 1.61. The molecule has 49 heavy (non-hydrogen) atoms. The van der Waals surface area contributed by atoms with Crippen LogP contribution in [0.2, 0.25) is 0 Å². The molecule has 2 aromatic rings. The average Bonchev–Trinajstić information content (AvgIpc) is 3.58. The first-order chi connectivity index (χ1) is 23.4. The van der Waals surface area contributed by atoms with E-state index in [-0.39, 0.29) is 31.1 Å². The zero-order valence-corrected chi connectivity index (χ0v) is 28.5. The molecule has 0 radical (unpaired) electrons. The van der Waals surface area contributed by atoms with E-state index in [0.29, 0.717) is 24.8 Å². The normalized spacial score (nSPS) is 25.2. The highest BCUT2D eigenvalue weighted by Gasteiger charge is 2.39. The molecule has 0 spiro atoms. The molecular formula is C36H48N6O7. The van der Waals surface area contributed by atoms with Gasteiger partial charge in [-0.3, -0.25) is 28.8 Å². The summed E-state index contributed by atoms with van der Waals surface area (Å²) < 4.78 is 0. The Hall–Kier alpha value is -4.94. The van der Waals surface area contributed by atoms with Gasteiger partial charge in [0.1, 0.15) is 36.0 Å². The van der Waals surface area contributed by atoms with Gasteiger partial charge >= 0.3 is 0 Å². The predicted molar refractivity (Wildman–Crippen MR) is 182 cm³/mol. The molecule has 0 bridgehead atoms. The van der Waals surface area contributed by atoms with Crippen LogP contribution in [-0.2, 0) is 41.6 Å². The summed E-state index contributed by atoms with van der Waals surface area (Å²) in [5.74, 6) is -4.04. The Morgan fingerprint density at radius 3 is 2.00 bits per heavy atom. The lowest BCUT2D eigenvalue weighted by Gasteiger charge is -2.31. The number of benzene rings is 2. The van der Waals surface area contributed by atoms with E-state index in [4.69, 9.17) is 0 Å². The fourth-order valence-electron chi connectivity index (χ4n) is 6.15. The topological polar surface area (TPSA) is 186 Å². The second-order valence-corrected chi connectivity index (χ2v) is 13.3. The number of phenols is 1. The molecule has 6 N–H and O–H groups in total. The maximum absolute atomic E-state index is 14.2. The van der Waals surface area contributed by atoms with Gasteiger partial charge in [0.05, 0.1) is 6.54 Å². The molecular weight excluding hydrogens is 628 g/mol. The van der Waals surface area contributed by atoms with Crippen molar-refractivity contribution >= 4 is 35.4 Å². The third kappa shape index (κ3) is 9.80. The highest BCUT2D eigenvalue weighted by Crippen LogP contribution is 2.21. The van der Waals surface area contributed by atoms with Crippen LogP contribution >= 0.6 is 0 Å². The van der Waals surface area contributed by atoms with E-state index in [0.717, 1.165) is 5.56 Å². The van der Waals surface area contributed by atoms with E-state index in [1.54, 1.807) is 32.9 Å². The van der Waals surface area contributed by atoms with Gasteiger partial charge in [-0.1, -0.05) is 76.6 Å². The number of carbonyl (C=O) groups is 6. The molecule has 4 rings (SSSR count). The number of fused-ring (bicyclic) bond motifs is 1. The maximum Gasteiger partial charge on any atom is 0.246 e. The first-order valence-corrected chi connectivity index (χ1v) is 17.0. The number of amides is 6. The molecule has 13 heteroatoms. The Kier molecular flexibility index (Phi) is 12.8. The Bertz CT molecular complexity index is 1500. The molecule has 6 amide bonds. The summed E-state index contributed by atoms with van der Waals surface area (Å²) in [7, 11) is 0. The molecule has 6 atom stereocenters. The van der Waals surface area contributed by atoms with E-state index < -0.39 is 78.1 Å². The van der Waals surface area contributed by atoms with Crippen molar-refractivity contribution in [3.63, 3.8) is 0 Å². The van der Waals surface area contributed by atoms with Crippen molar-refractivity contribution in [2.75, 3.05) is 13.1 Å². The van der Waals surface area contributed by atoms with Crippen LogP contribution in [0.3, 0.4) is 0 Å². The fraction of sp³-hybridized carbons (Fsp3) is 0.500. The highest BCUT2D eigenvalue weighted by molar-refractivity contribution is 5.98. The molecule has 13 nitrogen and oxygen atoms in total. The van der Waals surface area contributed by atoms with Crippen LogP contribution < -0.4 is 26.6 Å². The first kappa shape index (κ1) is 36.9. The standard InChI is InChI=1S/C36H48N6O7/c1-5-22(4)31-35(48)41-30(21(2)3)34(47)38-26(18-24-13-15-25(43)16-14-24)32(45)39-27(19-23-10-7-6-8-11-23)36(49)42-17-9-12-28(42)33(46)37-20-29(44)40-31/h6-8,10-11,13-16,21-22,26-28,30-31,43H,5,9,12,17-20H2,1-4H3,(H,37,46)(H,38,47)(H,39,45)(H,40,44)(H,41,48)/t22-,26-,27+,28-,30-,31-/m0/s1. The fourth-order valence-corrected chi connectivity index (χ4v) is 6.15. The first-order valence-electron chi connectivity index (χ1n) is 17.0. The maximum atomic E-state index is 14.2. The van der Waals surface area contributed by atoms with Gasteiger partial charge in [-0.05, 0) is 47.9 Å². The molecule has 2 aromatic carbocycles. The minimum absolute atomic E-state index is 0.0170. The van der Waals surface area contributed by atoms with E-state index >= 15 is 0 Å². The Balaban J connectivity index is 1.74. The van der Waals surface area contributed by atoms with Crippen molar-refractivity contribution in [1.82, 2.24) is 31.5 Å². The average molecular weight is 677 g/mol. The van der Waals surface area contributed by atoms with Gasteiger partial charge in [0, 0.05) is 19.4 Å². The van der Waals surface area contributed by atoms with Gasteiger partial charge in [-0.2, -0.15) is 0 Å². The lowest BCUT2D eigenvalue weighted by molar-refractivity contribution is -0.142. The monoisotopic (exact) mass is 676 g/mol. The van der Waals surface area contributed by atoms with E-state index in [1.807, 2.05) is 37.3 Å². The molecule has 0 saturated carbocycles. The van der Waals surface area contributed by atoms with Crippen molar-refractivity contribution in [1.29, 1.82) is 0 Å². The smallest absolute Gasteiger partial charge is 0.246 e. The molecule has 0 aliphatic carbocycles. The third-order valence-electron chi connectivity index (χ3n) is 9.23. The largest absolute Gasteiger partial charge is 0.508 e. The number of nitrogens with one attached hydrogen (secondary N) is 5. The third-order valence-corrected chi connectivity index (χ3v) is 9.23. The van der Waals surface area contributed by atoms with Crippen LogP contribution in [0.5, 0.6) is 5.75 Å². The highest BCUT2D eigenvalue weighted by atomic mass is 16.3. The number of carbonyl (C=O) groups excluding carboxylic acids is 6. The summed E-state index contributed by atoms with van der Waals surface area (Å²) in [5, 5.41) is 23.6. The molecule has 2 aliphatic rings. The zero-order valence-electron chi connectivity index (χ0n) is 28.5. The second-order valence-electron chi connectivity index (χ2n) is 13.3. The van der Waals surface area contributed by atoms with Crippen LogP contribution in [0.25, 0.3) is 0 Å². The zero-order chi connectivity index (χ0) is 35.7. The summed E-state index contributed by atoms with van der Waals surface area (Å²) in [6, 6.07) is 10.1. The molecule has 2 saturated heterocycles.